The van der Waals surface area contributed by atoms with Crippen LogP contribution in [0.1, 0.15) is 118 Å². The Balaban J connectivity index is 1.39. The van der Waals surface area contributed by atoms with Crippen LogP contribution in [0.5, 0.6) is 11.5 Å². The quantitative estimate of drug-likeness (QED) is 0.301. The summed E-state index contributed by atoms with van der Waals surface area (Å²) in [6.45, 7) is 19.9. The number of allylic oxidation sites excluding steroid dienone is 3. The van der Waals surface area contributed by atoms with E-state index in [4.69, 9.17) is 6.58 Å². The molecule has 4 aliphatic carbocycles. The smallest absolute Gasteiger partial charge is 0.119 e. The molecule has 4 aliphatic rings. The summed E-state index contributed by atoms with van der Waals surface area (Å²) in [5, 5.41) is 20.7. The van der Waals surface area contributed by atoms with Crippen LogP contribution < -0.4 is 0 Å². The molecular formula is C36H54O2. The number of aromatic hydroxyl groups is 2. The van der Waals surface area contributed by atoms with E-state index in [0.29, 0.717) is 39.7 Å². The van der Waals surface area contributed by atoms with E-state index in [1.54, 1.807) is 23.8 Å². The average Bonchev–Trinajstić information content (AvgIpc) is 2.82. The van der Waals surface area contributed by atoms with Gasteiger partial charge in [0.2, 0.25) is 0 Å². The molecule has 3 fully saturated rings. The molecule has 0 bridgehead atoms. The van der Waals surface area contributed by atoms with Gasteiger partial charge in [-0.15, -0.1) is 0 Å². The second kappa shape index (κ2) is 9.74. The highest BCUT2D eigenvalue weighted by Gasteiger charge is 2.56. The van der Waals surface area contributed by atoms with Gasteiger partial charge in [0.1, 0.15) is 11.5 Å². The van der Waals surface area contributed by atoms with Crippen molar-refractivity contribution in [2.75, 3.05) is 0 Å². The van der Waals surface area contributed by atoms with Gasteiger partial charge in [0.25, 0.3) is 0 Å². The molecule has 7 atom stereocenters. The third-order valence-electron chi connectivity index (χ3n) is 12.9. The van der Waals surface area contributed by atoms with Crippen LogP contribution in [-0.2, 0) is 6.42 Å². The van der Waals surface area contributed by atoms with Crippen molar-refractivity contribution in [3.05, 3.63) is 47.6 Å². The van der Waals surface area contributed by atoms with Crippen LogP contribution in [0.3, 0.4) is 0 Å². The molecule has 0 aromatic heterocycles. The monoisotopic (exact) mass is 518 g/mol. The van der Waals surface area contributed by atoms with Gasteiger partial charge in [-0.3, -0.25) is 0 Å². The fourth-order valence-electron chi connectivity index (χ4n) is 10.9. The van der Waals surface area contributed by atoms with Crippen molar-refractivity contribution >= 4 is 0 Å². The molecule has 3 saturated carbocycles. The molecule has 0 aliphatic heterocycles. The minimum Gasteiger partial charge on any atom is -0.508 e. The van der Waals surface area contributed by atoms with Crippen LogP contribution in [0.4, 0.5) is 0 Å². The molecule has 0 unspecified atom stereocenters. The fourth-order valence-corrected chi connectivity index (χ4v) is 10.9. The van der Waals surface area contributed by atoms with Crippen molar-refractivity contribution in [2.45, 2.75) is 119 Å². The van der Waals surface area contributed by atoms with Crippen molar-refractivity contribution in [3.63, 3.8) is 0 Å². The van der Waals surface area contributed by atoms with E-state index in [-0.39, 0.29) is 11.2 Å². The van der Waals surface area contributed by atoms with E-state index < -0.39 is 0 Å². The molecule has 0 heterocycles. The SMILES string of the molecule is C=C1CC[C@H]2C(C)(C)CCC[C@]2(C)[C@H]1CC[C@@]1(C)CCC[C@]2(C)[C@@H](Cc3cc(O)ccc3O)C(C)=CC[C@@H]12. The fraction of sp³-hybridized carbons (Fsp3) is 0.722. The molecule has 210 valence electrons. The maximum absolute atomic E-state index is 10.6. The van der Waals surface area contributed by atoms with Gasteiger partial charge in [-0.25, -0.2) is 0 Å². The van der Waals surface area contributed by atoms with Gasteiger partial charge in [0.05, 0.1) is 0 Å². The third-order valence-corrected chi connectivity index (χ3v) is 12.9. The summed E-state index contributed by atoms with van der Waals surface area (Å²) in [6.07, 6.45) is 17.7. The second-order valence-corrected chi connectivity index (χ2v) is 15.5. The zero-order chi connectivity index (χ0) is 27.5. The Labute approximate surface area is 233 Å². The van der Waals surface area contributed by atoms with Crippen molar-refractivity contribution in [1.29, 1.82) is 0 Å². The standard InChI is InChI=1S/C36H54O2/c1-24-10-14-31-33(3,4)17-8-19-35(31,6)28(24)16-21-34(5)18-9-20-36(7)29(25(2)11-15-32(34)36)23-26-22-27(37)12-13-30(26)38/h11-13,22,28-29,31-32,37-38H,1,8-10,14-21,23H2,2-7H3/t28-,29-,31-,32-,34+,35+,36+/m0/s1. The van der Waals surface area contributed by atoms with Crippen molar-refractivity contribution in [2.24, 2.45) is 45.3 Å². The molecule has 1 aromatic carbocycles. The number of phenols is 2. The molecule has 0 radical (unpaired) electrons. The highest BCUT2D eigenvalue weighted by molar-refractivity contribution is 5.40. The number of benzene rings is 1. The molecule has 0 amide bonds. The van der Waals surface area contributed by atoms with Gasteiger partial charge in [0.15, 0.2) is 0 Å². The van der Waals surface area contributed by atoms with Crippen LogP contribution >= 0.6 is 0 Å². The minimum absolute atomic E-state index is 0.215. The van der Waals surface area contributed by atoms with Crippen LogP contribution in [0, 0.1) is 45.3 Å². The van der Waals surface area contributed by atoms with Gasteiger partial charge in [-0.2, -0.15) is 0 Å². The van der Waals surface area contributed by atoms with Crippen LogP contribution in [-0.4, -0.2) is 10.2 Å². The zero-order valence-electron chi connectivity index (χ0n) is 25.2. The minimum atomic E-state index is 0.215. The first-order chi connectivity index (χ1) is 17.8. The van der Waals surface area contributed by atoms with Crippen LogP contribution in [0.2, 0.25) is 0 Å². The van der Waals surface area contributed by atoms with Crippen molar-refractivity contribution < 1.29 is 10.2 Å². The van der Waals surface area contributed by atoms with E-state index >= 15 is 0 Å². The Morgan fingerprint density at radius 3 is 2.32 bits per heavy atom. The zero-order valence-corrected chi connectivity index (χ0v) is 25.2. The number of rotatable bonds is 5. The molecule has 38 heavy (non-hydrogen) atoms. The summed E-state index contributed by atoms with van der Waals surface area (Å²) in [6, 6.07) is 5.01. The Morgan fingerprint density at radius 2 is 1.58 bits per heavy atom. The highest BCUT2D eigenvalue weighted by Crippen LogP contribution is 2.65. The molecule has 0 saturated heterocycles. The van der Waals surface area contributed by atoms with Gasteiger partial charge in [-0.1, -0.05) is 71.3 Å². The normalized spacial score (nSPS) is 40.7. The van der Waals surface area contributed by atoms with Gasteiger partial charge in [0, 0.05) is 0 Å². The van der Waals surface area contributed by atoms with Crippen LogP contribution in [0.25, 0.3) is 0 Å². The largest absolute Gasteiger partial charge is 0.508 e. The first-order valence-electron chi connectivity index (χ1n) is 15.7. The summed E-state index contributed by atoms with van der Waals surface area (Å²) in [5.41, 5.74) is 5.30. The van der Waals surface area contributed by atoms with Gasteiger partial charge >= 0.3 is 0 Å². The predicted molar refractivity (Wildman–Crippen MR) is 159 cm³/mol. The van der Waals surface area contributed by atoms with Crippen molar-refractivity contribution in [3.8, 4) is 11.5 Å². The Morgan fingerprint density at radius 1 is 0.895 bits per heavy atom. The van der Waals surface area contributed by atoms with Gasteiger partial charge in [-0.05, 0) is 140 Å². The second-order valence-electron chi connectivity index (χ2n) is 15.5. The van der Waals surface area contributed by atoms with E-state index in [1.165, 1.54) is 76.2 Å². The lowest BCUT2D eigenvalue weighted by molar-refractivity contribution is -0.0748. The summed E-state index contributed by atoms with van der Waals surface area (Å²) in [4.78, 5) is 0. The van der Waals surface area contributed by atoms with E-state index in [0.717, 1.165) is 17.9 Å². The Kier molecular flexibility index (Phi) is 7.14. The average molecular weight is 519 g/mol. The maximum Gasteiger partial charge on any atom is 0.119 e. The lowest BCUT2D eigenvalue weighted by atomic mass is 9.45. The van der Waals surface area contributed by atoms with Crippen molar-refractivity contribution in [1.82, 2.24) is 0 Å². The molecule has 1 aromatic rings. The summed E-state index contributed by atoms with van der Waals surface area (Å²) < 4.78 is 0. The molecular weight excluding hydrogens is 464 g/mol. The number of hydrogen-bond donors (Lipinski definition) is 2. The van der Waals surface area contributed by atoms with E-state index in [1.807, 2.05) is 0 Å². The topological polar surface area (TPSA) is 40.5 Å². The lowest BCUT2D eigenvalue weighted by Crippen LogP contribution is -2.51. The van der Waals surface area contributed by atoms with Crippen LogP contribution in [0.15, 0.2) is 42.0 Å². The lowest BCUT2D eigenvalue weighted by Gasteiger charge is -2.60. The summed E-state index contributed by atoms with van der Waals surface area (Å²) >= 11 is 0. The molecule has 0 spiro atoms. The maximum atomic E-state index is 10.6. The van der Waals surface area contributed by atoms with E-state index in [9.17, 15) is 10.2 Å². The summed E-state index contributed by atoms with van der Waals surface area (Å²) in [5.74, 6) is 3.10. The predicted octanol–water partition coefficient (Wildman–Crippen LogP) is 10.00. The number of hydrogen-bond acceptors (Lipinski definition) is 2. The van der Waals surface area contributed by atoms with E-state index in [2.05, 4.69) is 47.6 Å². The Hall–Kier alpha value is -1.70. The van der Waals surface area contributed by atoms with Gasteiger partial charge < -0.3 is 10.2 Å². The molecule has 2 N–H and O–H groups in total. The molecule has 2 nitrogen and oxygen atoms in total. The number of fused-ring (bicyclic) bond motifs is 2. The Bertz CT molecular complexity index is 1100. The first-order valence-corrected chi connectivity index (χ1v) is 15.7. The number of phenolic OH excluding ortho intramolecular Hbond substituents is 2. The highest BCUT2D eigenvalue weighted by atomic mass is 16.3. The summed E-state index contributed by atoms with van der Waals surface area (Å²) in [7, 11) is 0. The first kappa shape index (κ1) is 27.9. The molecule has 2 heteroatoms. The third kappa shape index (κ3) is 4.56. The molecule has 5 rings (SSSR count).